The quantitative estimate of drug-likeness (QED) is 0.726. The van der Waals surface area contributed by atoms with Crippen LogP contribution in [0.1, 0.15) is 58.3 Å². The highest BCUT2D eigenvalue weighted by molar-refractivity contribution is 5.78. The molecule has 2 nitrogen and oxygen atoms in total. The SMILES string of the molecule is CCC(CCN)CCC(=O)CC1CCC(F)(F)C1. The van der Waals surface area contributed by atoms with Crippen LogP contribution in [-0.2, 0) is 4.79 Å². The zero-order valence-electron chi connectivity index (χ0n) is 11.3. The Morgan fingerprint density at radius 2 is 2.17 bits per heavy atom. The second kappa shape index (κ2) is 7.17. The smallest absolute Gasteiger partial charge is 0.248 e. The number of carbonyl (C=O) groups excluding carboxylic acids is 1. The first-order valence-corrected chi connectivity index (χ1v) is 7.06. The van der Waals surface area contributed by atoms with Gasteiger partial charge < -0.3 is 5.73 Å². The lowest BCUT2D eigenvalue weighted by Gasteiger charge is -2.14. The summed E-state index contributed by atoms with van der Waals surface area (Å²) in [6.45, 7) is 2.75. The Labute approximate surface area is 108 Å². The lowest BCUT2D eigenvalue weighted by Crippen LogP contribution is -2.13. The average molecular weight is 261 g/mol. The monoisotopic (exact) mass is 261 g/mol. The summed E-state index contributed by atoms with van der Waals surface area (Å²) in [5, 5.41) is 0. The van der Waals surface area contributed by atoms with E-state index in [1.165, 1.54) is 0 Å². The van der Waals surface area contributed by atoms with Crippen LogP contribution in [0.15, 0.2) is 0 Å². The molecule has 0 aliphatic heterocycles. The second-order valence-corrected chi connectivity index (χ2v) is 5.60. The fraction of sp³-hybridized carbons (Fsp3) is 0.929. The summed E-state index contributed by atoms with van der Waals surface area (Å²) in [6.07, 6.45) is 4.06. The molecule has 0 heterocycles. The van der Waals surface area contributed by atoms with Gasteiger partial charge in [-0.15, -0.1) is 0 Å². The maximum absolute atomic E-state index is 13.0. The molecule has 0 spiro atoms. The molecule has 1 saturated carbocycles. The average Bonchev–Trinajstić information content (AvgIpc) is 2.64. The summed E-state index contributed by atoms with van der Waals surface area (Å²) in [5.41, 5.74) is 5.51. The molecule has 0 aromatic heterocycles. The van der Waals surface area contributed by atoms with E-state index in [0.717, 1.165) is 19.3 Å². The Morgan fingerprint density at radius 1 is 1.44 bits per heavy atom. The van der Waals surface area contributed by atoms with E-state index in [1.54, 1.807) is 0 Å². The molecule has 0 aromatic carbocycles. The van der Waals surface area contributed by atoms with Crippen LogP contribution in [0.2, 0.25) is 0 Å². The lowest BCUT2D eigenvalue weighted by molar-refractivity contribution is -0.120. The van der Waals surface area contributed by atoms with Gasteiger partial charge in [0.25, 0.3) is 0 Å². The summed E-state index contributed by atoms with van der Waals surface area (Å²) < 4.78 is 26.0. The van der Waals surface area contributed by atoms with E-state index in [9.17, 15) is 13.6 Å². The molecule has 2 atom stereocenters. The van der Waals surface area contributed by atoms with Crippen molar-refractivity contribution in [3.63, 3.8) is 0 Å². The van der Waals surface area contributed by atoms with Gasteiger partial charge in [-0.25, -0.2) is 8.78 Å². The number of carbonyl (C=O) groups is 1. The van der Waals surface area contributed by atoms with Crippen LogP contribution < -0.4 is 5.73 Å². The van der Waals surface area contributed by atoms with Gasteiger partial charge in [-0.1, -0.05) is 13.3 Å². The van der Waals surface area contributed by atoms with Gasteiger partial charge in [0.1, 0.15) is 5.78 Å². The largest absolute Gasteiger partial charge is 0.330 e. The molecule has 106 valence electrons. The highest BCUT2D eigenvalue weighted by atomic mass is 19.3. The Bertz CT molecular complexity index is 269. The fourth-order valence-electron chi connectivity index (χ4n) is 2.79. The molecular formula is C14H25F2NO. The van der Waals surface area contributed by atoms with Gasteiger partial charge >= 0.3 is 0 Å². The maximum Gasteiger partial charge on any atom is 0.248 e. The highest BCUT2D eigenvalue weighted by Crippen LogP contribution is 2.40. The van der Waals surface area contributed by atoms with E-state index in [4.69, 9.17) is 5.73 Å². The molecule has 2 unspecified atom stereocenters. The summed E-state index contributed by atoms with van der Waals surface area (Å²) >= 11 is 0. The standard InChI is InChI=1S/C14H25F2NO/c1-2-11(6-8-17)3-4-13(18)9-12-5-7-14(15,16)10-12/h11-12H,2-10,17H2,1H3. The fourth-order valence-corrected chi connectivity index (χ4v) is 2.79. The first-order valence-electron chi connectivity index (χ1n) is 7.06. The van der Waals surface area contributed by atoms with Gasteiger partial charge in [0, 0.05) is 25.7 Å². The minimum Gasteiger partial charge on any atom is -0.330 e. The Kier molecular flexibility index (Phi) is 6.19. The minimum atomic E-state index is -2.53. The van der Waals surface area contributed by atoms with Crippen molar-refractivity contribution in [1.29, 1.82) is 0 Å². The number of Topliss-reactive ketones (excluding diaryl/α,β-unsaturated/α-hetero) is 1. The summed E-state index contributed by atoms with van der Waals surface area (Å²) in [7, 11) is 0. The first kappa shape index (κ1) is 15.5. The van der Waals surface area contributed by atoms with Crippen molar-refractivity contribution in [1.82, 2.24) is 0 Å². The van der Waals surface area contributed by atoms with Crippen LogP contribution in [0.5, 0.6) is 0 Å². The summed E-state index contributed by atoms with van der Waals surface area (Å²) in [4.78, 5) is 11.8. The molecule has 0 saturated heterocycles. The topological polar surface area (TPSA) is 43.1 Å². The molecule has 18 heavy (non-hydrogen) atoms. The van der Waals surface area contributed by atoms with Crippen LogP contribution in [-0.4, -0.2) is 18.3 Å². The molecule has 0 radical (unpaired) electrons. The molecule has 1 aliphatic carbocycles. The molecule has 4 heteroatoms. The number of nitrogens with two attached hydrogens (primary N) is 1. The van der Waals surface area contributed by atoms with Crippen molar-refractivity contribution in [2.45, 2.75) is 64.2 Å². The van der Waals surface area contributed by atoms with E-state index in [1.807, 2.05) is 0 Å². The molecule has 1 aliphatic rings. The molecule has 2 N–H and O–H groups in total. The molecule has 1 fully saturated rings. The van der Waals surface area contributed by atoms with Gasteiger partial charge in [0.15, 0.2) is 0 Å². The van der Waals surface area contributed by atoms with E-state index in [0.29, 0.717) is 31.7 Å². The minimum absolute atomic E-state index is 0.0459. The van der Waals surface area contributed by atoms with Crippen molar-refractivity contribution in [2.75, 3.05) is 6.54 Å². The van der Waals surface area contributed by atoms with E-state index in [-0.39, 0.29) is 24.5 Å². The van der Waals surface area contributed by atoms with Crippen LogP contribution in [0.4, 0.5) is 8.78 Å². The van der Waals surface area contributed by atoms with Crippen molar-refractivity contribution < 1.29 is 13.6 Å². The van der Waals surface area contributed by atoms with E-state index in [2.05, 4.69) is 6.92 Å². The van der Waals surface area contributed by atoms with Gasteiger partial charge in [-0.2, -0.15) is 0 Å². The molecule has 1 rings (SSSR count). The molecule has 0 aromatic rings. The number of ketones is 1. The van der Waals surface area contributed by atoms with Crippen molar-refractivity contribution >= 4 is 5.78 Å². The van der Waals surface area contributed by atoms with Crippen molar-refractivity contribution in [3.05, 3.63) is 0 Å². The first-order chi connectivity index (χ1) is 8.46. The number of hydrogen-bond acceptors (Lipinski definition) is 2. The predicted molar refractivity (Wildman–Crippen MR) is 68.6 cm³/mol. The third-order valence-electron chi connectivity index (χ3n) is 4.01. The number of alkyl halides is 2. The molecular weight excluding hydrogens is 236 g/mol. The Balaban J connectivity index is 2.21. The van der Waals surface area contributed by atoms with Crippen molar-refractivity contribution in [2.24, 2.45) is 17.6 Å². The normalized spacial score (nSPS) is 24.1. The molecule has 0 amide bonds. The predicted octanol–water partition coefficient (Wildman–Crippen LogP) is 3.54. The van der Waals surface area contributed by atoms with Crippen LogP contribution in [0, 0.1) is 11.8 Å². The summed E-state index contributed by atoms with van der Waals surface area (Å²) in [5.74, 6) is -1.98. The zero-order chi connectivity index (χ0) is 13.6. The van der Waals surface area contributed by atoms with Crippen LogP contribution >= 0.6 is 0 Å². The zero-order valence-corrected chi connectivity index (χ0v) is 11.3. The molecule has 0 bridgehead atoms. The maximum atomic E-state index is 13.0. The van der Waals surface area contributed by atoms with E-state index >= 15 is 0 Å². The van der Waals surface area contributed by atoms with E-state index < -0.39 is 5.92 Å². The van der Waals surface area contributed by atoms with Gasteiger partial charge in [0.05, 0.1) is 0 Å². The third-order valence-corrected chi connectivity index (χ3v) is 4.01. The number of halogens is 2. The van der Waals surface area contributed by atoms with Crippen LogP contribution in [0.25, 0.3) is 0 Å². The Morgan fingerprint density at radius 3 is 2.67 bits per heavy atom. The van der Waals surface area contributed by atoms with Crippen molar-refractivity contribution in [3.8, 4) is 0 Å². The van der Waals surface area contributed by atoms with Gasteiger partial charge in [-0.05, 0) is 37.6 Å². The lowest BCUT2D eigenvalue weighted by atomic mass is 9.92. The highest BCUT2D eigenvalue weighted by Gasteiger charge is 2.39. The van der Waals surface area contributed by atoms with Gasteiger partial charge in [0.2, 0.25) is 5.92 Å². The summed E-state index contributed by atoms with van der Waals surface area (Å²) in [6, 6.07) is 0. The Hall–Kier alpha value is -0.510. The van der Waals surface area contributed by atoms with Gasteiger partial charge in [-0.3, -0.25) is 4.79 Å². The van der Waals surface area contributed by atoms with Crippen LogP contribution in [0.3, 0.4) is 0 Å². The second-order valence-electron chi connectivity index (χ2n) is 5.60. The third kappa shape index (κ3) is 5.42. The number of rotatable bonds is 8. The number of hydrogen-bond donors (Lipinski definition) is 1.